The van der Waals surface area contributed by atoms with Crippen molar-refractivity contribution >= 4 is 39.1 Å². The van der Waals surface area contributed by atoms with Crippen LogP contribution in [-0.4, -0.2) is 50.9 Å². The number of hydrogen-bond acceptors (Lipinski definition) is 5. The van der Waals surface area contributed by atoms with Gasteiger partial charge in [0.05, 0.1) is 17.7 Å². The van der Waals surface area contributed by atoms with E-state index in [9.17, 15) is 18.0 Å². The topological polar surface area (TPSA) is 96.0 Å². The molecular formula is C31H36ClN3O5S. The van der Waals surface area contributed by atoms with Gasteiger partial charge < -0.3 is 15.0 Å². The molecule has 3 aromatic carbocycles. The standard InChI is InChI=1S/C31H36ClN3O5S/c1-23(31(37)33-26-13-5-3-6-14-26)34(21-24-11-9-16-28(19-24)40-2)30(36)22-35(27-15-10-12-25(32)20-27)41(38,39)29-17-7-4-8-18-29/h4,7-12,15-20,23,26H,3,5-6,13-14,21-22H2,1-2H3,(H,33,37)/t23-/m0/s1. The second-order valence-electron chi connectivity index (χ2n) is 10.2. The molecule has 1 aliphatic carbocycles. The van der Waals surface area contributed by atoms with E-state index < -0.39 is 28.5 Å². The van der Waals surface area contributed by atoms with Crippen LogP contribution < -0.4 is 14.4 Å². The Kier molecular flexibility index (Phi) is 10.3. The van der Waals surface area contributed by atoms with Crippen molar-refractivity contribution in [2.45, 2.75) is 62.6 Å². The van der Waals surface area contributed by atoms with E-state index in [2.05, 4.69) is 5.32 Å². The maximum Gasteiger partial charge on any atom is 0.264 e. The van der Waals surface area contributed by atoms with Gasteiger partial charge in [-0.2, -0.15) is 0 Å². The summed E-state index contributed by atoms with van der Waals surface area (Å²) in [5.41, 5.74) is 0.991. The fourth-order valence-electron chi connectivity index (χ4n) is 5.00. The Balaban J connectivity index is 1.67. The van der Waals surface area contributed by atoms with Crippen molar-refractivity contribution in [3.63, 3.8) is 0 Å². The first kappa shape index (κ1) is 30.4. The van der Waals surface area contributed by atoms with Gasteiger partial charge in [0, 0.05) is 17.6 Å². The number of anilines is 1. The third kappa shape index (κ3) is 7.80. The van der Waals surface area contributed by atoms with E-state index in [1.54, 1.807) is 62.6 Å². The number of amides is 2. The molecule has 0 aromatic heterocycles. The van der Waals surface area contributed by atoms with Crippen molar-refractivity contribution in [2.75, 3.05) is 18.0 Å². The Morgan fingerprint density at radius 3 is 2.37 bits per heavy atom. The maximum atomic E-state index is 14.1. The lowest BCUT2D eigenvalue weighted by atomic mass is 9.95. The van der Waals surface area contributed by atoms with E-state index >= 15 is 0 Å². The number of nitrogens with one attached hydrogen (secondary N) is 1. The summed E-state index contributed by atoms with van der Waals surface area (Å²) in [5, 5.41) is 3.43. The predicted molar refractivity (Wildman–Crippen MR) is 160 cm³/mol. The van der Waals surface area contributed by atoms with Crippen molar-refractivity contribution in [2.24, 2.45) is 0 Å². The van der Waals surface area contributed by atoms with Crippen LogP contribution in [0.5, 0.6) is 5.75 Å². The lowest BCUT2D eigenvalue weighted by molar-refractivity contribution is -0.139. The molecule has 0 spiro atoms. The van der Waals surface area contributed by atoms with Crippen LogP contribution in [-0.2, 0) is 26.2 Å². The second-order valence-corrected chi connectivity index (χ2v) is 12.5. The molecule has 0 bridgehead atoms. The van der Waals surface area contributed by atoms with Gasteiger partial charge in [-0.25, -0.2) is 8.42 Å². The zero-order valence-electron chi connectivity index (χ0n) is 23.3. The molecule has 1 aliphatic rings. The third-order valence-electron chi connectivity index (χ3n) is 7.31. The molecule has 1 saturated carbocycles. The van der Waals surface area contributed by atoms with Gasteiger partial charge in [0.2, 0.25) is 11.8 Å². The molecule has 10 heteroatoms. The third-order valence-corrected chi connectivity index (χ3v) is 9.34. The van der Waals surface area contributed by atoms with Crippen molar-refractivity contribution in [1.29, 1.82) is 0 Å². The first-order valence-corrected chi connectivity index (χ1v) is 15.6. The van der Waals surface area contributed by atoms with E-state index in [0.29, 0.717) is 10.8 Å². The molecule has 8 nitrogen and oxygen atoms in total. The van der Waals surface area contributed by atoms with Gasteiger partial charge in [0.15, 0.2) is 0 Å². The molecule has 1 N–H and O–H groups in total. The number of rotatable bonds is 11. The minimum absolute atomic E-state index is 0.0372. The van der Waals surface area contributed by atoms with E-state index in [-0.39, 0.29) is 29.1 Å². The Morgan fingerprint density at radius 2 is 1.68 bits per heavy atom. The summed E-state index contributed by atoms with van der Waals surface area (Å²) in [7, 11) is -2.59. The average molecular weight is 598 g/mol. The van der Waals surface area contributed by atoms with Crippen molar-refractivity contribution in [3.05, 3.63) is 89.4 Å². The Morgan fingerprint density at radius 1 is 0.976 bits per heavy atom. The van der Waals surface area contributed by atoms with Crippen molar-refractivity contribution < 1.29 is 22.7 Å². The lowest BCUT2D eigenvalue weighted by Crippen LogP contribution is -2.53. The highest BCUT2D eigenvalue weighted by molar-refractivity contribution is 7.92. The quantitative estimate of drug-likeness (QED) is 0.319. The smallest absolute Gasteiger partial charge is 0.264 e. The molecule has 1 atom stereocenters. The molecule has 1 fully saturated rings. The fraction of sp³-hybridized carbons (Fsp3) is 0.355. The average Bonchev–Trinajstić information content (AvgIpc) is 2.99. The molecule has 2 amide bonds. The molecule has 4 rings (SSSR count). The summed E-state index contributed by atoms with van der Waals surface area (Å²) in [6.07, 6.45) is 5.06. The molecule has 0 aliphatic heterocycles. The summed E-state index contributed by atoms with van der Waals surface area (Å²) in [6, 6.07) is 20.7. The van der Waals surface area contributed by atoms with E-state index in [1.165, 1.54) is 23.1 Å². The molecule has 218 valence electrons. The number of carbonyl (C=O) groups excluding carboxylic acids is 2. The Bertz CT molecular complexity index is 1440. The normalized spacial score (nSPS) is 14.6. The highest BCUT2D eigenvalue weighted by atomic mass is 35.5. The van der Waals surface area contributed by atoms with E-state index in [0.717, 1.165) is 42.0 Å². The van der Waals surface area contributed by atoms with E-state index in [4.69, 9.17) is 16.3 Å². The summed E-state index contributed by atoms with van der Waals surface area (Å²) < 4.78 is 34.0. The minimum atomic E-state index is -4.14. The maximum absolute atomic E-state index is 14.1. The zero-order valence-corrected chi connectivity index (χ0v) is 24.9. The van der Waals surface area contributed by atoms with Crippen LogP contribution in [0.15, 0.2) is 83.8 Å². The number of nitrogens with zero attached hydrogens (tertiary/aromatic N) is 2. The first-order valence-electron chi connectivity index (χ1n) is 13.7. The summed E-state index contributed by atoms with van der Waals surface area (Å²) in [6.45, 7) is 1.23. The number of hydrogen-bond donors (Lipinski definition) is 1. The summed E-state index contributed by atoms with van der Waals surface area (Å²) in [4.78, 5) is 28.9. The Labute approximate surface area is 247 Å². The van der Waals surface area contributed by atoms with Gasteiger partial charge in [-0.3, -0.25) is 13.9 Å². The highest BCUT2D eigenvalue weighted by Crippen LogP contribution is 2.27. The van der Waals surface area contributed by atoms with Crippen LogP contribution in [0.25, 0.3) is 0 Å². The predicted octanol–water partition coefficient (Wildman–Crippen LogP) is 5.41. The monoisotopic (exact) mass is 597 g/mol. The van der Waals surface area contributed by atoms with Crippen LogP contribution in [0.3, 0.4) is 0 Å². The number of carbonyl (C=O) groups is 2. The SMILES string of the molecule is COc1cccc(CN(C(=O)CN(c2cccc(Cl)c2)S(=O)(=O)c2ccccc2)[C@@H](C)C(=O)NC2CCCCC2)c1. The number of methoxy groups -OCH3 is 1. The molecule has 0 heterocycles. The molecule has 0 unspecified atom stereocenters. The van der Waals surface area contributed by atoms with Gasteiger partial charge in [-0.1, -0.05) is 67.3 Å². The van der Waals surface area contributed by atoms with Gasteiger partial charge in [-0.15, -0.1) is 0 Å². The largest absolute Gasteiger partial charge is 0.497 e. The van der Waals surface area contributed by atoms with Crippen LogP contribution >= 0.6 is 11.6 Å². The summed E-state index contributed by atoms with van der Waals surface area (Å²) >= 11 is 6.22. The minimum Gasteiger partial charge on any atom is -0.497 e. The molecule has 41 heavy (non-hydrogen) atoms. The molecule has 0 saturated heterocycles. The number of sulfonamides is 1. The van der Waals surface area contributed by atoms with Crippen molar-refractivity contribution in [3.8, 4) is 5.75 Å². The van der Waals surface area contributed by atoms with Crippen LogP contribution in [0.2, 0.25) is 5.02 Å². The van der Waals surface area contributed by atoms with Crippen LogP contribution in [0.1, 0.15) is 44.6 Å². The zero-order chi connectivity index (χ0) is 29.4. The number of ether oxygens (including phenoxy) is 1. The van der Waals surface area contributed by atoms with Crippen LogP contribution in [0, 0.1) is 0 Å². The van der Waals surface area contributed by atoms with E-state index in [1.807, 2.05) is 12.1 Å². The number of benzene rings is 3. The molecule has 3 aromatic rings. The van der Waals surface area contributed by atoms with Gasteiger partial charge in [0.1, 0.15) is 18.3 Å². The van der Waals surface area contributed by atoms with Gasteiger partial charge >= 0.3 is 0 Å². The molecular weight excluding hydrogens is 562 g/mol. The molecule has 0 radical (unpaired) electrons. The first-order chi connectivity index (χ1) is 19.7. The summed E-state index contributed by atoms with van der Waals surface area (Å²) in [5.74, 6) is -0.187. The highest BCUT2D eigenvalue weighted by Gasteiger charge is 2.33. The fourth-order valence-corrected chi connectivity index (χ4v) is 6.61. The second kappa shape index (κ2) is 13.9. The lowest BCUT2D eigenvalue weighted by Gasteiger charge is -2.33. The van der Waals surface area contributed by atoms with Crippen molar-refractivity contribution in [1.82, 2.24) is 10.2 Å². The Hall–Kier alpha value is -3.56. The van der Waals surface area contributed by atoms with Gasteiger partial charge in [-0.05, 0) is 67.8 Å². The van der Waals surface area contributed by atoms with Crippen LogP contribution in [0.4, 0.5) is 5.69 Å². The number of halogens is 1. The van der Waals surface area contributed by atoms with Gasteiger partial charge in [0.25, 0.3) is 10.0 Å².